The molecule has 6 heteroatoms. The van der Waals surface area contributed by atoms with Gasteiger partial charge in [0.05, 0.1) is 30.1 Å². The first-order chi connectivity index (χ1) is 9.56. The summed E-state index contributed by atoms with van der Waals surface area (Å²) in [4.78, 5) is 0. The zero-order chi connectivity index (χ0) is 14.7. The van der Waals surface area contributed by atoms with Gasteiger partial charge < -0.3 is 9.84 Å². The Morgan fingerprint density at radius 2 is 2.15 bits per heavy atom. The summed E-state index contributed by atoms with van der Waals surface area (Å²) < 4.78 is 6.66. The van der Waals surface area contributed by atoms with Crippen molar-refractivity contribution < 1.29 is 9.84 Å². The molecule has 2 rings (SSSR count). The number of ether oxygens (including phenoxy) is 1. The molecule has 0 radical (unpaired) electrons. The van der Waals surface area contributed by atoms with Crippen molar-refractivity contribution in [2.45, 2.75) is 19.6 Å². The first-order valence-corrected chi connectivity index (χ1v) is 6.95. The molecule has 1 aromatic heterocycles. The third kappa shape index (κ3) is 2.99. The number of aliphatic hydroxyl groups is 1. The van der Waals surface area contributed by atoms with Gasteiger partial charge in [-0.05, 0) is 12.5 Å². The quantitative estimate of drug-likeness (QED) is 0.921. The van der Waals surface area contributed by atoms with Crippen molar-refractivity contribution in [1.82, 2.24) is 9.78 Å². The lowest BCUT2D eigenvalue weighted by atomic mass is 10.0. The van der Waals surface area contributed by atoms with Crippen LogP contribution in [0.25, 0.3) is 0 Å². The molecule has 2 aromatic rings. The van der Waals surface area contributed by atoms with Crippen LogP contribution in [0.1, 0.15) is 22.9 Å². The topological polar surface area (TPSA) is 47.3 Å². The number of nitrogens with zero attached hydrogens (tertiary/aromatic N) is 2. The smallest absolute Gasteiger partial charge is 0.124 e. The van der Waals surface area contributed by atoms with E-state index in [1.54, 1.807) is 17.9 Å². The fourth-order valence-electron chi connectivity index (χ4n) is 2.03. The number of aryl methyl sites for hydroxylation is 1. The van der Waals surface area contributed by atoms with Crippen LogP contribution in [0, 0.1) is 6.92 Å². The molecule has 0 spiro atoms. The lowest BCUT2D eigenvalue weighted by Crippen LogP contribution is -2.14. The molecule has 0 aliphatic carbocycles. The zero-order valence-corrected chi connectivity index (χ0v) is 12.8. The van der Waals surface area contributed by atoms with E-state index in [9.17, 15) is 5.11 Å². The number of aromatic nitrogens is 2. The van der Waals surface area contributed by atoms with E-state index in [1.165, 1.54) is 6.20 Å². The van der Waals surface area contributed by atoms with Gasteiger partial charge in [0.25, 0.3) is 0 Å². The summed E-state index contributed by atoms with van der Waals surface area (Å²) >= 11 is 12.4. The van der Waals surface area contributed by atoms with Gasteiger partial charge in [-0.3, -0.25) is 4.68 Å². The van der Waals surface area contributed by atoms with Gasteiger partial charge in [0.1, 0.15) is 6.10 Å². The van der Waals surface area contributed by atoms with Crippen molar-refractivity contribution in [3.8, 4) is 0 Å². The standard InChI is InChI=1S/C14H16Cl2N2O2/c1-9-4-3-5-10(12(9)16)14(19)13-11(15)8-17-18(13)6-7-20-2/h3-5,8,14,19H,6-7H2,1-2H3. The van der Waals surface area contributed by atoms with Gasteiger partial charge in [0, 0.05) is 17.7 Å². The Bertz CT molecular complexity index is 599. The second-order valence-electron chi connectivity index (χ2n) is 4.47. The number of aliphatic hydroxyl groups excluding tert-OH is 1. The van der Waals surface area contributed by atoms with E-state index in [2.05, 4.69) is 5.10 Å². The summed E-state index contributed by atoms with van der Waals surface area (Å²) in [6.45, 7) is 2.89. The SMILES string of the molecule is COCCn1ncc(Cl)c1C(O)c1cccc(C)c1Cl. The van der Waals surface area contributed by atoms with Gasteiger partial charge in [-0.2, -0.15) is 5.10 Å². The van der Waals surface area contributed by atoms with Crippen molar-refractivity contribution in [3.63, 3.8) is 0 Å². The number of methoxy groups -OCH3 is 1. The summed E-state index contributed by atoms with van der Waals surface area (Å²) in [6, 6.07) is 5.52. The van der Waals surface area contributed by atoms with Crippen molar-refractivity contribution in [1.29, 1.82) is 0 Å². The van der Waals surface area contributed by atoms with Gasteiger partial charge in [0.15, 0.2) is 0 Å². The molecule has 0 aliphatic heterocycles. The monoisotopic (exact) mass is 314 g/mol. The van der Waals surface area contributed by atoms with Crippen LogP contribution in [0.2, 0.25) is 10.0 Å². The van der Waals surface area contributed by atoms with Crippen molar-refractivity contribution in [2.24, 2.45) is 0 Å². The summed E-state index contributed by atoms with van der Waals surface area (Å²) in [5.41, 5.74) is 2.05. The van der Waals surface area contributed by atoms with Crippen LogP contribution >= 0.6 is 23.2 Å². The molecule has 1 aromatic carbocycles. The highest BCUT2D eigenvalue weighted by atomic mass is 35.5. The molecular formula is C14H16Cl2N2O2. The van der Waals surface area contributed by atoms with E-state index in [1.807, 2.05) is 19.1 Å². The van der Waals surface area contributed by atoms with Crippen molar-refractivity contribution in [2.75, 3.05) is 13.7 Å². The maximum atomic E-state index is 10.6. The Hall–Kier alpha value is -1.07. The summed E-state index contributed by atoms with van der Waals surface area (Å²) in [5.74, 6) is 0. The maximum absolute atomic E-state index is 10.6. The van der Waals surface area contributed by atoms with Gasteiger partial charge in [-0.25, -0.2) is 0 Å². The normalized spacial score (nSPS) is 12.7. The highest BCUT2D eigenvalue weighted by Crippen LogP contribution is 2.33. The summed E-state index contributed by atoms with van der Waals surface area (Å²) in [6.07, 6.45) is 0.591. The number of rotatable bonds is 5. The average molecular weight is 315 g/mol. The zero-order valence-electron chi connectivity index (χ0n) is 11.3. The largest absolute Gasteiger partial charge is 0.383 e. The lowest BCUT2D eigenvalue weighted by molar-refractivity contribution is 0.171. The van der Waals surface area contributed by atoms with Crippen molar-refractivity contribution in [3.05, 3.63) is 51.3 Å². The van der Waals surface area contributed by atoms with E-state index in [-0.39, 0.29) is 0 Å². The minimum atomic E-state index is -0.922. The lowest BCUT2D eigenvalue weighted by Gasteiger charge is -2.16. The molecule has 20 heavy (non-hydrogen) atoms. The molecule has 4 nitrogen and oxygen atoms in total. The Kier molecular flexibility index (Phi) is 5.05. The second-order valence-corrected chi connectivity index (χ2v) is 5.26. The van der Waals surface area contributed by atoms with E-state index in [0.29, 0.717) is 34.5 Å². The fraction of sp³-hybridized carbons (Fsp3) is 0.357. The molecule has 1 N–H and O–H groups in total. The van der Waals surface area contributed by atoms with Crippen LogP contribution in [0.3, 0.4) is 0 Å². The molecular weight excluding hydrogens is 299 g/mol. The van der Waals surface area contributed by atoms with Crippen LogP contribution in [-0.4, -0.2) is 28.6 Å². The van der Waals surface area contributed by atoms with Crippen LogP contribution in [0.4, 0.5) is 0 Å². The first kappa shape index (κ1) is 15.3. The maximum Gasteiger partial charge on any atom is 0.124 e. The molecule has 0 saturated heterocycles. The van der Waals surface area contributed by atoms with Gasteiger partial charge >= 0.3 is 0 Å². The molecule has 0 amide bonds. The van der Waals surface area contributed by atoms with Gasteiger partial charge in [-0.1, -0.05) is 41.4 Å². The first-order valence-electron chi connectivity index (χ1n) is 6.19. The van der Waals surface area contributed by atoms with Gasteiger partial charge in [-0.15, -0.1) is 0 Å². The van der Waals surface area contributed by atoms with Gasteiger partial charge in [0.2, 0.25) is 0 Å². The minimum Gasteiger partial charge on any atom is -0.383 e. The van der Waals surface area contributed by atoms with E-state index in [4.69, 9.17) is 27.9 Å². The number of hydrogen-bond acceptors (Lipinski definition) is 3. The number of benzene rings is 1. The van der Waals surface area contributed by atoms with Crippen LogP contribution in [-0.2, 0) is 11.3 Å². The molecule has 0 aliphatic rings. The number of halogens is 2. The van der Waals surface area contributed by atoms with Crippen LogP contribution in [0.15, 0.2) is 24.4 Å². The predicted molar refractivity (Wildman–Crippen MR) is 79.4 cm³/mol. The Balaban J connectivity index is 2.40. The molecule has 1 unspecified atom stereocenters. The number of hydrogen-bond donors (Lipinski definition) is 1. The molecule has 108 valence electrons. The van der Waals surface area contributed by atoms with Crippen LogP contribution < -0.4 is 0 Å². The third-order valence-corrected chi connectivity index (χ3v) is 3.92. The molecule has 0 bridgehead atoms. The van der Waals surface area contributed by atoms with Crippen LogP contribution in [0.5, 0.6) is 0 Å². The Morgan fingerprint density at radius 3 is 2.85 bits per heavy atom. The fourth-order valence-corrected chi connectivity index (χ4v) is 2.50. The third-order valence-electron chi connectivity index (χ3n) is 3.12. The Morgan fingerprint density at radius 1 is 1.40 bits per heavy atom. The summed E-state index contributed by atoms with van der Waals surface area (Å²) in [7, 11) is 1.61. The molecule has 0 saturated carbocycles. The minimum absolute atomic E-state index is 0.408. The predicted octanol–water partition coefficient (Wildman–Crippen LogP) is 3.23. The molecule has 0 fully saturated rings. The Labute approximate surface area is 127 Å². The highest BCUT2D eigenvalue weighted by Gasteiger charge is 2.22. The average Bonchev–Trinajstić information content (AvgIpc) is 2.80. The van der Waals surface area contributed by atoms with E-state index < -0.39 is 6.10 Å². The molecule has 1 heterocycles. The second kappa shape index (κ2) is 6.59. The highest BCUT2D eigenvalue weighted by molar-refractivity contribution is 6.32. The van der Waals surface area contributed by atoms with Crippen molar-refractivity contribution >= 4 is 23.2 Å². The van der Waals surface area contributed by atoms with E-state index >= 15 is 0 Å². The molecule has 1 atom stereocenters. The van der Waals surface area contributed by atoms with E-state index in [0.717, 1.165) is 5.56 Å². The summed E-state index contributed by atoms with van der Waals surface area (Å²) in [5, 5.41) is 15.7.